The van der Waals surface area contributed by atoms with Gasteiger partial charge in [0, 0.05) is 0 Å². The standard InChI is InChI=1S/C12H24N2/c1-2-7-14-8-4-11(5-9-14)12-3-6-13-10-12/h11-13H,2-10H2,1H3. The lowest BCUT2D eigenvalue weighted by atomic mass is 9.84. The molecule has 0 aromatic rings. The van der Waals surface area contributed by atoms with Crippen LogP contribution in [0.5, 0.6) is 0 Å². The van der Waals surface area contributed by atoms with E-state index >= 15 is 0 Å². The molecule has 2 heteroatoms. The van der Waals surface area contributed by atoms with Crippen LogP contribution in [0.25, 0.3) is 0 Å². The fourth-order valence-electron chi connectivity index (χ4n) is 3.04. The van der Waals surface area contributed by atoms with E-state index in [0.29, 0.717) is 0 Å². The normalized spacial score (nSPS) is 31.1. The van der Waals surface area contributed by atoms with Crippen LogP contribution in [0.4, 0.5) is 0 Å². The Bertz CT molecular complexity index is 156. The minimum atomic E-state index is 0.999. The first-order valence-electron chi connectivity index (χ1n) is 6.33. The molecule has 0 aromatic carbocycles. The van der Waals surface area contributed by atoms with Crippen molar-refractivity contribution < 1.29 is 0 Å². The molecule has 1 atom stereocenters. The van der Waals surface area contributed by atoms with Gasteiger partial charge in [-0.15, -0.1) is 0 Å². The van der Waals surface area contributed by atoms with Gasteiger partial charge in [0.15, 0.2) is 0 Å². The van der Waals surface area contributed by atoms with Crippen molar-refractivity contribution in [3.8, 4) is 0 Å². The molecule has 2 rings (SSSR count). The van der Waals surface area contributed by atoms with Crippen molar-refractivity contribution in [2.45, 2.75) is 32.6 Å². The molecular weight excluding hydrogens is 172 g/mol. The van der Waals surface area contributed by atoms with Crippen LogP contribution in [-0.2, 0) is 0 Å². The zero-order chi connectivity index (χ0) is 9.80. The summed E-state index contributed by atoms with van der Waals surface area (Å²) in [5.74, 6) is 2.02. The Morgan fingerprint density at radius 3 is 2.50 bits per heavy atom. The molecule has 2 aliphatic rings. The average molecular weight is 196 g/mol. The topological polar surface area (TPSA) is 15.3 Å². The van der Waals surface area contributed by atoms with Crippen LogP contribution < -0.4 is 5.32 Å². The van der Waals surface area contributed by atoms with Crippen molar-refractivity contribution in [3.63, 3.8) is 0 Å². The SMILES string of the molecule is CCCN1CCC(C2CCNC2)CC1. The Balaban J connectivity index is 1.72. The summed E-state index contributed by atoms with van der Waals surface area (Å²) in [7, 11) is 0. The first-order valence-corrected chi connectivity index (χ1v) is 6.33. The van der Waals surface area contributed by atoms with E-state index in [-0.39, 0.29) is 0 Å². The Hall–Kier alpha value is -0.0800. The van der Waals surface area contributed by atoms with Gasteiger partial charge in [0.25, 0.3) is 0 Å². The van der Waals surface area contributed by atoms with Crippen molar-refractivity contribution in [3.05, 3.63) is 0 Å². The average Bonchev–Trinajstić information content (AvgIpc) is 2.72. The molecule has 2 heterocycles. The van der Waals surface area contributed by atoms with E-state index < -0.39 is 0 Å². The van der Waals surface area contributed by atoms with Gasteiger partial charge in [0.05, 0.1) is 0 Å². The zero-order valence-corrected chi connectivity index (χ0v) is 9.47. The molecule has 0 bridgehead atoms. The Labute approximate surface area is 88.1 Å². The fourth-order valence-corrected chi connectivity index (χ4v) is 3.04. The van der Waals surface area contributed by atoms with E-state index in [9.17, 15) is 0 Å². The molecule has 0 saturated carbocycles. The van der Waals surface area contributed by atoms with E-state index in [0.717, 1.165) is 11.8 Å². The molecule has 1 unspecified atom stereocenters. The third kappa shape index (κ3) is 2.48. The highest BCUT2D eigenvalue weighted by Crippen LogP contribution is 2.28. The van der Waals surface area contributed by atoms with Gasteiger partial charge in [-0.1, -0.05) is 6.92 Å². The number of likely N-dealkylation sites (tertiary alicyclic amines) is 1. The maximum atomic E-state index is 3.49. The minimum Gasteiger partial charge on any atom is -0.316 e. The summed E-state index contributed by atoms with van der Waals surface area (Å²) in [4.78, 5) is 2.64. The molecule has 2 aliphatic heterocycles. The van der Waals surface area contributed by atoms with Gasteiger partial charge < -0.3 is 10.2 Å². The summed E-state index contributed by atoms with van der Waals surface area (Å²) >= 11 is 0. The molecule has 2 fully saturated rings. The van der Waals surface area contributed by atoms with Gasteiger partial charge in [-0.25, -0.2) is 0 Å². The molecule has 2 nitrogen and oxygen atoms in total. The number of nitrogens with zero attached hydrogens (tertiary/aromatic N) is 1. The molecule has 0 aromatic heterocycles. The molecule has 82 valence electrons. The van der Waals surface area contributed by atoms with E-state index in [1.165, 1.54) is 58.4 Å². The largest absolute Gasteiger partial charge is 0.316 e. The summed E-state index contributed by atoms with van der Waals surface area (Å²) in [6.45, 7) is 8.87. The van der Waals surface area contributed by atoms with Crippen LogP contribution in [0.15, 0.2) is 0 Å². The molecule has 0 spiro atoms. The zero-order valence-electron chi connectivity index (χ0n) is 9.47. The van der Waals surface area contributed by atoms with Crippen molar-refractivity contribution in [2.75, 3.05) is 32.7 Å². The molecule has 1 N–H and O–H groups in total. The first kappa shape index (κ1) is 10.4. The second-order valence-corrected chi connectivity index (χ2v) is 4.93. The first-order chi connectivity index (χ1) is 6.90. The van der Waals surface area contributed by atoms with Crippen LogP contribution in [0, 0.1) is 11.8 Å². The summed E-state index contributed by atoms with van der Waals surface area (Å²) in [5, 5.41) is 3.49. The number of nitrogens with one attached hydrogen (secondary N) is 1. The number of piperidine rings is 1. The highest BCUT2D eigenvalue weighted by molar-refractivity contribution is 4.82. The molecular formula is C12H24N2. The minimum absolute atomic E-state index is 0.999. The van der Waals surface area contributed by atoms with Crippen LogP contribution in [-0.4, -0.2) is 37.6 Å². The fraction of sp³-hybridized carbons (Fsp3) is 1.00. The van der Waals surface area contributed by atoms with Crippen LogP contribution >= 0.6 is 0 Å². The molecule has 0 aliphatic carbocycles. The van der Waals surface area contributed by atoms with Gasteiger partial charge in [-0.2, -0.15) is 0 Å². The quantitative estimate of drug-likeness (QED) is 0.739. The second kappa shape index (κ2) is 5.13. The van der Waals surface area contributed by atoms with Gasteiger partial charge >= 0.3 is 0 Å². The van der Waals surface area contributed by atoms with E-state index in [1.807, 2.05) is 0 Å². The maximum Gasteiger partial charge on any atom is -0.00160 e. The highest BCUT2D eigenvalue weighted by Gasteiger charge is 2.27. The predicted molar refractivity (Wildman–Crippen MR) is 60.4 cm³/mol. The summed E-state index contributed by atoms with van der Waals surface area (Å²) in [5.41, 5.74) is 0. The third-order valence-corrected chi connectivity index (χ3v) is 3.94. The van der Waals surface area contributed by atoms with Crippen molar-refractivity contribution in [1.29, 1.82) is 0 Å². The van der Waals surface area contributed by atoms with Crippen LogP contribution in [0.2, 0.25) is 0 Å². The van der Waals surface area contributed by atoms with Gasteiger partial charge in [-0.3, -0.25) is 0 Å². The number of hydrogen-bond donors (Lipinski definition) is 1. The Morgan fingerprint density at radius 1 is 1.14 bits per heavy atom. The maximum absolute atomic E-state index is 3.49. The Morgan fingerprint density at radius 2 is 1.93 bits per heavy atom. The summed E-state index contributed by atoms with van der Waals surface area (Å²) in [6.07, 6.45) is 5.65. The Kier molecular flexibility index (Phi) is 3.82. The third-order valence-electron chi connectivity index (χ3n) is 3.94. The molecule has 14 heavy (non-hydrogen) atoms. The van der Waals surface area contributed by atoms with Crippen molar-refractivity contribution in [1.82, 2.24) is 10.2 Å². The second-order valence-electron chi connectivity index (χ2n) is 4.93. The van der Waals surface area contributed by atoms with E-state index in [1.54, 1.807) is 0 Å². The number of hydrogen-bond acceptors (Lipinski definition) is 2. The molecule has 2 saturated heterocycles. The smallest absolute Gasteiger partial charge is 0.00160 e. The molecule has 0 radical (unpaired) electrons. The van der Waals surface area contributed by atoms with Crippen LogP contribution in [0.3, 0.4) is 0 Å². The van der Waals surface area contributed by atoms with Gasteiger partial charge in [-0.05, 0) is 70.2 Å². The monoisotopic (exact) mass is 196 g/mol. The molecule has 0 amide bonds. The van der Waals surface area contributed by atoms with Crippen molar-refractivity contribution in [2.24, 2.45) is 11.8 Å². The van der Waals surface area contributed by atoms with E-state index in [4.69, 9.17) is 0 Å². The lowest BCUT2D eigenvalue weighted by Gasteiger charge is -2.34. The van der Waals surface area contributed by atoms with Gasteiger partial charge in [0.1, 0.15) is 0 Å². The lowest BCUT2D eigenvalue weighted by Crippen LogP contribution is -2.36. The lowest BCUT2D eigenvalue weighted by molar-refractivity contribution is 0.153. The number of rotatable bonds is 3. The van der Waals surface area contributed by atoms with Crippen LogP contribution in [0.1, 0.15) is 32.6 Å². The predicted octanol–water partition coefficient (Wildman–Crippen LogP) is 1.72. The van der Waals surface area contributed by atoms with Gasteiger partial charge in [0.2, 0.25) is 0 Å². The summed E-state index contributed by atoms with van der Waals surface area (Å²) < 4.78 is 0. The van der Waals surface area contributed by atoms with Crippen molar-refractivity contribution >= 4 is 0 Å². The summed E-state index contributed by atoms with van der Waals surface area (Å²) in [6, 6.07) is 0. The van der Waals surface area contributed by atoms with E-state index in [2.05, 4.69) is 17.1 Å². The highest BCUT2D eigenvalue weighted by atomic mass is 15.1.